The predicted octanol–water partition coefficient (Wildman–Crippen LogP) is 3.70. The van der Waals surface area contributed by atoms with E-state index in [4.69, 9.17) is 0 Å². The molecule has 0 bridgehead atoms. The van der Waals surface area contributed by atoms with Crippen LogP contribution in [0.25, 0.3) is 0 Å². The van der Waals surface area contributed by atoms with Crippen molar-refractivity contribution < 1.29 is 0 Å². The summed E-state index contributed by atoms with van der Waals surface area (Å²) in [5.74, 6) is 0.549. The zero-order valence-corrected chi connectivity index (χ0v) is 10.3. The van der Waals surface area contributed by atoms with Crippen LogP contribution in [0.2, 0.25) is 0 Å². The Kier molecular flexibility index (Phi) is 2.89. The van der Waals surface area contributed by atoms with Crippen LogP contribution >= 0.6 is 0 Å². The van der Waals surface area contributed by atoms with Crippen molar-refractivity contribution in [1.82, 2.24) is 0 Å². The van der Waals surface area contributed by atoms with Gasteiger partial charge in [0.15, 0.2) is 0 Å². The Morgan fingerprint density at radius 1 is 0.929 bits per heavy atom. The van der Waals surface area contributed by atoms with Crippen LogP contribution in [0.3, 0.4) is 0 Å². The monoisotopic (exact) mass is 193 g/mol. The first kappa shape index (κ1) is 11.5. The molecule has 1 aliphatic rings. The molecule has 1 nitrogen and oxygen atoms in total. The van der Waals surface area contributed by atoms with Crippen LogP contribution in [0.1, 0.15) is 41.5 Å². The van der Waals surface area contributed by atoms with Crippen molar-refractivity contribution in [2.75, 3.05) is 0 Å². The highest BCUT2D eigenvalue weighted by Crippen LogP contribution is 2.40. The van der Waals surface area contributed by atoms with E-state index < -0.39 is 0 Å². The second-order valence-corrected chi connectivity index (χ2v) is 6.39. The molecule has 1 heterocycles. The van der Waals surface area contributed by atoms with Gasteiger partial charge in [0.1, 0.15) is 0 Å². The summed E-state index contributed by atoms with van der Waals surface area (Å²) in [6, 6.07) is 0.410. The minimum absolute atomic E-state index is 0.249. The van der Waals surface area contributed by atoms with E-state index >= 15 is 0 Å². The highest BCUT2D eigenvalue weighted by molar-refractivity contribution is 5.72. The summed E-state index contributed by atoms with van der Waals surface area (Å²) in [6.45, 7) is 13.7. The fourth-order valence-corrected chi connectivity index (χ4v) is 2.03. The lowest BCUT2D eigenvalue weighted by Gasteiger charge is -2.41. The number of aliphatic imine (C=N–C) groups is 1. The van der Waals surface area contributed by atoms with Crippen molar-refractivity contribution >= 4 is 6.21 Å². The largest absolute Gasteiger partial charge is 0.289 e. The van der Waals surface area contributed by atoms with Gasteiger partial charge in [0.2, 0.25) is 0 Å². The molecule has 0 aromatic carbocycles. The molecule has 0 saturated heterocycles. The van der Waals surface area contributed by atoms with Crippen LogP contribution < -0.4 is 0 Å². The maximum atomic E-state index is 4.64. The molecule has 14 heavy (non-hydrogen) atoms. The lowest BCUT2D eigenvalue weighted by molar-refractivity contribution is 0.168. The quantitative estimate of drug-likeness (QED) is 0.556. The average Bonchev–Trinajstić information content (AvgIpc) is 2.01. The Morgan fingerprint density at radius 3 is 1.86 bits per heavy atom. The molecule has 0 fully saturated rings. The van der Waals surface area contributed by atoms with Crippen LogP contribution in [0.5, 0.6) is 0 Å². The van der Waals surface area contributed by atoms with Crippen LogP contribution in [0.4, 0.5) is 0 Å². The molecule has 1 aliphatic heterocycles. The van der Waals surface area contributed by atoms with Gasteiger partial charge in [0.25, 0.3) is 0 Å². The van der Waals surface area contributed by atoms with Gasteiger partial charge in [0, 0.05) is 12.1 Å². The van der Waals surface area contributed by atoms with E-state index in [-0.39, 0.29) is 5.41 Å². The van der Waals surface area contributed by atoms with Gasteiger partial charge in [0.05, 0.1) is 6.04 Å². The van der Waals surface area contributed by atoms with Crippen molar-refractivity contribution in [3.8, 4) is 0 Å². The number of allylic oxidation sites excluding steroid dienone is 1. The minimum Gasteiger partial charge on any atom is -0.289 e. The number of nitrogens with zero attached hydrogens (tertiary/aromatic N) is 1. The average molecular weight is 193 g/mol. The van der Waals surface area contributed by atoms with Gasteiger partial charge in [-0.05, 0) is 16.9 Å². The molecule has 0 amide bonds. The molecular weight excluding hydrogens is 170 g/mol. The lowest BCUT2D eigenvalue weighted by Crippen LogP contribution is -2.39. The Hall–Kier alpha value is -0.590. The smallest absolute Gasteiger partial charge is 0.0615 e. The fourth-order valence-electron chi connectivity index (χ4n) is 2.03. The van der Waals surface area contributed by atoms with Gasteiger partial charge in [-0.1, -0.05) is 47.6 Å². The van der Waals surface area contributed by atoms with Gasteiger partial charge in [-0.25, -0.2) is 0 Å². The van der Waals surface area contributed by atoms with E-state index in [1.807, 2.05) is 6.21 Å². The molecule has 0 N–H and O–H groups in total. The maximum Gasteiger partial charge on any atom is 0.0615 e. The standard InChI is InChI=1S/C13H23N/c1-12(2,3)10-8-7-9-14-11(10)13(4,5)6/h7-11H,1-6H3. The zero-order chi connectivity index (χ0) is 11.0. The molecule has 1 heteroatoms. The first-order valence-electron chi connectivity index (χ1n) is 5.43. The molecular formula is C13H23N. The number of hydrogen-bond acceptors (Lipinski definition) is 1. The number of dihydropyridines is 1. The fraction of sp³-hybridized carbons (Fsp3) is 0.769. The van der Waals surface area contributed by atoms with Crippen molar-refractivity contribution in [2.45, 2.75) is 47.6 Å². The van der Waals surface area contributed by atoms with E-state index in [2.05, 4.69) is 58.7 Å². The zero-order valence-electron chi connectivity index (χ0n) is 10.3. The minimum atomic E-state index is 0.249. The summed E-state index contributed by atoms with van der Waals surface area (Å²) in [5, 5.41) is 0. The Labute approximate surface area is 88.3 Å². The maximum absolute atomic E-state index is 4.64. The second kappa shape index (κ2) is 3.52. The molecule has 0 radical (unpaired) electrons. The van der Waals surface area contributed by atoms with Gasteiger partial charge in [-0.2, -0.15) is 0 Å². The van der Waals surface area contributed by atoms with E-state index in [0.717, 1.165) is 0 Å². The SMILES string of the molecule is CC(C)(C)C1C=CC=NC1C(C)(C)C. The summed E-state index contributed by atoms with van der Waals surface area (Å²) in [5.41, 5.74) is 0.547. The van der Waals surface area contributed by atoms with E-state index in [0.29, 0.717) is 17.4 Å². The van der Waals surface area contributed by atoms with Gasteiger partial charge in [-0.3, -0.25) is 4.99 Å². The van der Waals surface area contributed by atoms with Crippen LogP contribution in [0, 0.1) is 16.7 Å². The first-order chi connectivity index (χ1) is 6.23. The van der Waals surface area contributed by atoms with Crippen molar-refractivity contribution in [3.63, 3.8) is 0 Å². The molecule has 0 saturated carbocycles. The molecule has 2 unspecified atom stereocenters. The van der Waals surface area contributed by atoms with Crippen LogP contribution in [-0.4, -0.2) is 12.3 Å². The summed E-state index contributed by atoms with van der Waals surface area (Å²) in [7, 11) is 0. The van der Waals surface area contributed by atoms with E-state index in [9.17, 15) is 0 Å². The Morgan fingerprint density at radius 2 is 1.50 bits per heavy atom. The summed E-state index contributed by atoms with van der Waals surface area (Å²) >= 11 is 0. The number of hydrogen-bond donors (Lipinski definition) is 0. The number of rotatable bonds is 0. The van der Waals surface area contributed by atoms with E-state index in [1.54, 1.807) is 0 Å². The third kappa shape index (κ3) is 2.46. The predicted molar refractivity (Wildman–Crippen MR) is 63.8 cm³/mol. The first-order valence-corrected chi connectivity index (χ1v) is 5.43. The van der Waals surface area contributed by atoms with Gasteiger partial charge in [-0.15, -0.1) is 0 Å². The van der Waals surface area contributed by atoms with Crippen LogP contribution in [0.15, 0.2) is 17.1 Å². The molecule has 0 aliphatic carbocycles. The van der Waals surface area contributed by atoms with Gasteiger partial charge >= 0.3 is 0 Å². The summed E-state index contributed by atoms with van der Waals surface area (Å²) in [6.07, 6.45) is 6.33. The summed E-state index contributed by atoms with van der Waals surface area (Å²) in [4.78, 5) is 4.64. The topological polar surface area (TPSA) is 12.4 Å². The third-order valence-electron chi connectivity index (χ3n) is 2.88. The highest BCUT2D eigenvalue weighted by atomic mass is 14.8. The normalized spacial score (nSPS) is 28.1. The van der Waals surface area contributed by atoms with Crippen molar-refractivity contribution in [2.24, 2.45) is 21.7 Å². The summed E-state index contributed by atoms with van der Waals surface area (Å²) < 4.78 is 0. The van der Waals surface area contributed by atoms with Gasteiger partial charge < -0.3 is 0 Å². The highest BCUT2D eigenvalue weighted by Gasteiger charge is 2.37. The molecule has 2 atom stereocenters. The Balaban J connectivity index is 2.94. The van der Waals surface area contributed by atoms with E-state index in [1.165, 1.54) is 0 Å². The third-order valence-corrected chi connectivity index (χ3v) is 2.88. The molecule has 1 rings (SSSR count). The molecule has 0 aromatic rings. The van der Waals surface area contributed by atoms with Crippen molar-refractivity contribution in [1.29, 1.82) is 0 Å². The second-order valence-electron chi connectivity index (χ2n) is 6.39. The van der Waals surface area contributed by atoms with Crippen LogP contribution in [-0.2, 0) is 0 Å². The molecule has 0 spiro atoms. The van der Waals surface area contributed by atoms with Crippen molar-refractivity contribution in [3.05, 3.63) is 12.2 Å². The lowest BCUT2D eigenvalue weighted by atomic mass is 9.68. The Bertz CT molecular complexity index is 219. The molecule has 80 valence electrons. The molecule has 0 aromatic heterocycles.